The molecule has 1 aliphatic heterocycles. The minimum Gasteiger partial charge on any atom is -0.464 e. The number of pyridine rings is 1. The molecular weight excluding hydrogens is 302 g/mol. The molecule has 0 spiro atoms. The van der Waals surface area contributed by atoms with Crippen LogP contribution in [0.1, 0.15) is 18.4 Å². The van der Waals surface area contributed by atoms with E-state index in [1.165, 1.54) is 0 Å². The third-order valence-corrected chi connectivity index (χ3v) is 4.69. The van der Waals surface area contributed by atoms with Crippen molar-refractivity contribution in [3.8, 4) is 0 Å². The van der Waals surface area contributed by atoms with Gasteiger partial charge in [0.05, 0.1) is 11.6 Å². The number of hydrogen-bond donors (Lipinski definition) is 0. The van der Waals surface area contributed by atoms with E-state index in [2.05, 4.69) is 31.8 Å². The van der Waals surface area contributed by atoms with Gasteiger partial charge < -0.3 is 14.2 Å². The SMILES string of the molecule is Cc1cnc(N(C)C2CCCN(c3nccc4occc34)C2)nc1. The molecule has 124 valence electrons. The molecule has 0 bridgehead atoms. The Labute approximate surface area is 141 Å². The zero-order valence-corrected chi connectivity index (χ0v) is 14.0. The Bertz CT molecular complexity index is 829. The number of hydrogen-bond acceptors (Lipinski definition) is 6. The molecule has 4 rings (SSSR count). The summed E-state index contributed by atoms with van der Waals surface area (Å²) >= 11 is 0. The second kappa shape index (κ2) is 6.11. The number of furan rings is 1. The topological polar surface area (TPSA) is 58.3 Å². The summed E-state index contributed by atoms with van der Waals surface area (Å²) in [5.41, 5.74) is 1.96. The molecule has 0 aliphatic carbocycles. The van der Waals surface area contributed by atoms with Crippen molar-refractivity contribution in [2.45, 2.75) is 25.8 Å². The zero-order chi connectivity index (χ0) is 16.5. The first-order valence-electron chi connectivity index (χ1n) is 8.31. The van der Waals surface area contributed by atoms with Crippen LogP contribution in [0.4, 0.5) is 11.8 Å². The van der Waals surface area contributed by atoms with Crippen molar-refractivity contribution in [1.29, 1.82) is 0 Å². The molecule has 1 unspecified atom stereocenters. The van der Waals surface area contributed by atoms with Crippen LogP contribution in [-0.2, 0) is 0 Å². The second-order valence-corrected chi connectivity index (χ2v) is 6.38. The van der Waals surface area contributed by atoms with Gasteiger partial charge in [-0.1, -0.05) is 0 Å². The van der Waals surface area contributed by atoms with Gasteiger partial charge in [0.15, 0.2) is 0 Å². The standard InChI is InChI=1S/C18H21N5O/c1-13-10-20-18(21-11-13)22(2)14-4-3-8-23(12-14)17-15-6-9-24-16(15)5-7-19-17/h5-7,9-11,14H,3-4,8,12H2,1-2H3. The fourth-order valence-corrected chi connectivity index (χ4v) is 3.33. The summed E-state index contributed by atoms with van der Waals surface area (Å²) in [6, 6.07) is 4.27. The molecule has 1 aliphatic rings. The van der Waals surface area contributed by atoms with E-state index < -0.39 is 0 Å². The molecule has 0 saturated carbocycles. The molecule has 0 aromatic carbocycles. The van der Waals surface area contributed by atoms with Crippen molar-refractivity contribution in [3.05, 3.63) is 42.5 Å². The van der Waals surface area contributed by atoms with Crippen LogP contribution in [0.3, 0.4) is 0 Å². The van der Waals surface area contributed by atoms with Crippen LogP contribution in [-0.4, -0.2) is 41.1 Å². The third-order valence-electron chi connectivity index (χ3n) is 4.69. The summed E-state index contributed by atoms with van der Waals surface area (Å²) in [6.45, 7) is 3.92. The van der Waals surface area contributed by atoms with Crippen LogP contribution in [0.25, 0.3) is 11.0 Å². The molecule has 3 aromatic heterocycles. The highest BCUT2D eigenvalue weighted by atomic mass is 16.3. The van der Waals surface area contributed by atoms with Crippen LogP contribution in [0.5, 0.6) is 0 Å². The largest absolute Gasteiger partial charge is 0.464 e. The minimum atomic E-state index is 0.366. The van der Waals surface area contributed by atoms with E-state index in [-0.39, 0.29) is 0 Å². The van der Waals surface area contributed by atoms with E-state index >= 15 is 0 Å². The lowest BCUT2D eigenvalue weighted by Gasteiger charge is -2.38. The van der Waals surface area contributed by atoms with Crippen LogP contribution in [0.15, 0.2) is 41.4 Å². The Kier molecular flexibility index (Phi) is 3.80. The van der Waals surface area contributed by atoms with Crippen LogP contribution < -0.4 is 9.80 Å². The van der Waals surface area contributed by atoms with E-state index in [1.807, 2.05) is 37.6 Å². The van der Waals surface area contributed by atoms with Gasteiger partial charge in [0.1, 0.15) is 11.4 Å². The van der Waals surface area contributed by atoms with Gasteiger partial charge in [-0.15, -0.1) is 0 Å². The smallest absolute Gasteiger partial charge is 0.225 e. The Balaban J connectivity index is 1.57. The summed E-state index contributed by atoms with van der Waals surface area (Å²) in [4.78, 5) is 18.0. The molecule has 0 N–H and O–H groups in total. The van der Waals surface area contributed by atoms with Crippen molar-refractivity contribution < 1.29 is 4.42 Å². The number of anilines is 2. The van der Waals surface area contributed by atoms with Gasteiger partial charge in [0, 0.05) is 44.8 Å². The van der Waals surface area contributed by atoms with Crippen LogP contribution in [0.2, 0.25) is 0 Å². The molecule has 24 heavy (non-hydrogen) atoms. The summed E-state index contributed by atoms with van der Waals surface area (Å²) < 4.78 is 5.51. The van der Waals surface area contributed by atoms with Crippen molar-refractivity contribution in [1.82, 2.24) is 15.0 Å². The monoisotopic (exact) mass is 323 g/mol. The highest BCUT2D eigenvalue weighted by Gasteiger charge is 2.26. The summed E-state index contributed by atoms with van der Waals surface area (Å²) in [7, 11) is 2.07. The average molecular weight is 323 g/mol. The van der Waals surface area contributed by atoms with Gasteiger partial charge in [0.2, 0.25) is 5.95 Å². The lowest BCUT2D eigenvalue weighted by atomic mass is 10.0. The van der Waals surface area contributed by atoms with E-state index in [0.717, 1.165) is 54.2 Å². The lowest BCUT2D eigenvalue weighted by molar-refractivity contribution is 0.481. The second-order valence-electron chi connectivity index (χ2n) is 6.38. The first-order chi connectivity index (χ1) is 11.7. The molecule has 0 radical (unpaired) electrons. The maximum absolute atomic E-state index is 5.51. The van der Waals surface area contributed by atoms with Crippen molar-refractivity contribution in [3.63, 3.8) is 0 Å². The Morgan fingerprint density at radius 2 is 2.04 bits per heavy atom. The highest BCUT2D eigenvalue weighted by Crippen LogP contribution is 2.28. The summed E-state index contributed by atoms with van der Waals surface area (Å²) in [6.07, 6.45) is 9.53. The number of aryl methyl sites for hydroxylation is 1. The molecule has 1 fully saturated rings. The molecule has 6 heteroatoms. The molecule has 6 nitrogen and oxygen atoms in total. The number of piperidine rings is 1. The van der Waals surface area contributed by atoms with Crippen molar-refractivity contribution >= 4 is 22.7 Å². The van der Waals surface area contributed by atoms with E-state index in [4.69, 9.17) is 4.42 Å². The Morgan fingerprint density at radius 3 is 2.88 bits per heavy atom. The third kappa shape index (κ3) is 2.68. The quantitative estimate of drug-likeness (QED) is 0.738. The van der Waals surface area contributed by atoms with E-state index in [0.29, 0.717) is 6.04 Å². The molecule has 1 saturated heterocycles. The summed E-state index contributed by atoms with van der Waals surface area (Å²) in [5.74, 6) is 1.78. The maximum atomic E-state index is 5.51. The lowest BCUT2D eigenvalue weighted by Crippen LogP contribution is -2.47. The molecule has 1 atom stereocenters. The number of fused-ring (bicyclic) bond motifs is 1. The minimum absolute atomic E-state index is 0.366. The predicted molar refractivity (Wildman–Crippen MR) is 94.4 cm³/mol. The molecule has 0 amide bonds. The van der Waals surface area contributed by atoms with E-state index in [9.17, 15) is 0 Å². The first kappa shape index (κ1) is 14.9. The molecule has 3 aromatic rings. The van der Waals surface area contributed by atoms with Crippen LogP contribution in [0, 0.1) is 6.92 Å². The van der Waals surface area contributed by atoms with Crippen molar-refractivity contribution in [2.75, 3.05) is 29.9 Å². The first-order valence-corrected chi connectivity index (χ1v) is 8.31. The Morgan fingerprint density at radius 1 is 1.21 bits per heavy atom. The van der Waals surface area contributed by atoms with Crippen molar-refractivity contribution in [2.24, 2.45) is 0 Å². The maximum Gasteiger partial charge on any atom is 0.225 e. The number of rotatable bonds is 3. The normalized spacial score (nSPS) is 18.1. The van der Waals surface area contributed by atoms with Gasteiger partial charge in [-0.2, -0.15) is 0 Å². The van der Waals surface area contributed by atoms with Gasteiger partial charge >= 0.3 is 0 Å². The average Bonchev–Trinajstić information content (AvgIpc) is 3.10. The number of likely N-dealkylation sites (N-methyl/N-ethyl adjacent to an activating group) is 1. The fraction of sp³-hybridized carbons (Fsp3) is 0.389. The highest BCUT2D eigenvalue weighted by molar-refractivity contribution is 5.88. The van der Waals surface area contributed by atoms with Crippen LogP contribution >= 0.6 is 0 Å². The molecule has 4 heterocycles. The number of nitrogens with zero attached hydrogens (tertiary/aromatic N) is 5. The number of aromatic nitrogens is 3. The molecular formula is C18H21N5O. The fourth-order valence-electron chi connectivity index (χ4n) is 3.33. The van der Waals surface area contributed by atoms with Gasteiger partial charge in [-0.05, 0) is 37.5 Å². The van der Waals surface area contributed by atoms with Gasteiger partial charge in [-0.3, -0.25) is 0 Å². The zero-order valence-electron chi connectivity index (χ0n) is 14.0. The van der Waals surface area contributed by atoms with E-state index in [1.54, 1.807) is 6.26 Å². The predicted octanol–water partition coefficient (Wildman–Crippen LogP) is 3.03. The van der Waals surface area contributed by atoms with Gasteiger partial charge in [-0.25, -0.2) is 15.0 Å². The Hall–Kier alpha value is -2.63. The van der Waals surface area contributed by atoms with Gasteiger partial charge in [0.25, 0.3) is 0 Å². The summed E-state index contributed by atoms with van der Waals surface area (Å²) in [5, 5.41) is 1.08.